The van der Waals surface area contributed by atoms with Crippen LogP contribution in [-0.4, -0.2) is 56.6 Å². The molecule has 3 rings (SSSR count). The van der Waals surface area contributed by atoms with Crippen LogP contribution in [0.5, 0.6) is 5.75 Å². The van der Waals surface area contributed by atoms with E-state index >= 15 is 0 Å². The van der Waals surface area contributed by atoms with Crippen LogP contribution in [0.25, 0.3) is 0 Å². The number of amides is 2. The molecule has 0 aliphatic rings. The van der Waals surface area contributed by atoms with E-state index < -0.39 is 34.1 Å². The van der Waals surface area contributed by atoms with Crippen LogP contribution in [0.15, 0.2) is 83.3 Å². The number of sulfonamides is 1. The minimum absolute atomic E-state index is 0.105. The second-order valence-corrected chi connectivity index (χ2v) is 13.4. The Labute approximate surface area is 245 Å². The number of ether oxygens (including phenoxy) is 1. The smallest absolute Gasteiger partial charge is 0.244 e. The molecule has 0 aliphatic carbocycles. The number of carbonyl (C=O) groups is 2. The maximum atomic E-state index is 14.1. The number of hydrogen-bond acceptors (Lipinski definition) is 5. The highest BCUT2D eigenvalue weighted by molar-refractivity contribution is 9.10. The van der Waals surface area contributed by atoms with Crippen molar-refractivity contribution >= 4 is 43.5 Å². The molecule has 40 heavy (non-hydrogen) atoms. The van der Waals surface area contributed by atoms with E-state index in [2.05, 4.69) is 21.2 Å². The Morgan fingerprint density at radius 3 is 2.12 bits per heavy atom. The summed E-state index contributed by atoms with van der Waals surface area (Å²) in [6, 6.07) is 22.4. The van der Waals surface area contributed by atoms with E-state index in [0.717, 1.165) is 26.2 Å². The quantitative estimate of drug-likeness (QED) is 0.329. The van der Waals surface area contributed by atoms with E-state index in [4.69, 9.17) is 4.74 Å². The first kappa shape index (κ1) is 31.2. The summed E-state index contributed by atoms with van der Waals surface area (Å²) in [4.78, 5) is 29.3. The number of nitrogens with zero attached hydrogens (tertiary/aromatic N) is 2. The molecular weight excluding hydrogens is 594 g/mol. The normalized spacial score (nSPS) is 12.3. The summed E-state index contributed by atoms with van der Waals surface area (Å²) in [5, 5.41) is 3.01. The third-order valence-corrected chi connectivity index (χ3v) is 7.68. The molecule has 0 fully saturated rings. The standard InChI is InChI=1S/C30H36BrN3O5S/c1-30(2,3)32-29(36)27(19-22-10-7-6-8-11-22)33(20-23-12-9-13-24(31)18-23)28(35)21-34(40(5,37)38)25-14-16-26(39-4)17-15-25/h6-18,27H,19-21H2,1-5H3,(H,32,36)/t27-/m0/s1. The monoisotopic (exact) mass is 629 g/mol. The molecule has 0 aromatic heterocycles. The van der Waals surface area contributed by atoms with E-state index in [9.17, 15) is 18.0 Å². The summed E-state index contributed by atoms with van der Waals surface area (Å²) in [6.45, 7) is 5.25. The molecule has 10 heteroatoms. The zero-order valence-corrected chi connectivity index (χ0v) is 25.8. The number of hydrogen-bond donors (Lipinski definition) is 1. The molecule has 0 aliphatic heterocycles. The molecule has 0 bridgehead atoms. The first-order valence-electron chi connectivity index (χ1n) is 12.8. The van der Waals surface area contributed by atoms with Crippen molar-refractivity contribution in [3.63, 3.8) is 0 Å². The fraction of sp³-hybridized carbons (Fsp3) is 0.333. The van der Waals surface area contributed by atoms with E-state index in [-0.39, 0.29) is 18.9 Å². The topological polar surface area (TPSA) is 96.0 Å². The number of halogens is 1. The minimum Gasteiger partial charge on any atom is -0.497 e. The molecular formula is C30H36BrN3O5S. The van der Waals surface area contributed by atoms with Gasteiger partial charge in [-0.3, -0.25) is 13.9 Å². The SMILES string of the molecule is COc1ccc(N(CC(=O)N(Cc2cccc(Br)c2)[C@@H](Cc2ccccc2)C(=O)NC(C)(C)C)S(C)(=O)=O)cc1. The van der Waals surface area contributed by atoms with Crippen molar-refractivity contribution in [1.29, 1.82) is 0 Å². The Hall–Kier alpha value is -3.37. The van der Waals surface area contributed by atoms with Crippen LogP contribution in [0.2, 0.25) is 0 Å². The summed E-state index contributed by atoms with van der Waals surface area (Å²) in [6.07, 6.45) is 1.31. The largest absolute Gasteiger partial charge is 0.497 e. The molecule has 0 saturated carbocycles. The van der Waals surface area contributed by atoms with Gasteiger partial charge in [-0.2, -0.15) is 0 Å². The third-order valence-electron chi connectivity index (χ3n) is 6.05. The first-order chi connectivity index (χ1) is 18.8. The van der Waals surface area contributed by atoms with E-state index in [1.807, 2.05) is 75.4 Å². The van der Waals surface area contributed by atoms with Crippen LogP contribution in [0.1, 0.15) is 31.9 Å². The Morgan fingerprint density at radius 1 is 0.950 bits per heavy atom. The van der Waals surface area contributed by atoms with Gasteiger partial charge in [0.05, 0.1) is 19.1 Å². The molecule has 2 amide bonds. The number of anilines is 1. The van der Waals surface area contributed by atoms with Gasteiger partial charge in [0.25, 0.3) is 0 Å². The zero-order chi connectivity index (χ0) is 29.5. The first-order valence-corrected chi connectivity index (χ1v) is 15.4. The number of rotatable bonds is 11. The number of benzene rings is 3. The third kappa shape index (κ3) is 9.09. The van der Waals surface area contributed by atoms with Crippen molar-refractivity contribution in [2.24, 2.45) is 0 Å². The van der Waals surface area contributed by atoms with Gasteiger partial charge < -0.3 is 15.0 Å². The van der Waals surface area contributed by atoms with Crippen LogP contribution in [0, 0.1) is 0 Å². The van der Waals surface area contributed by atoms with Crippen LogP contribution < -0.4 is 14.4 Å². The lowest BCUT2D eigenvalue weighted by Gasteiger charge is -2.35. The van der Waals surface area contributed by atoms with Gasteiger partial charge >= 0.3 is 0 Å². The van der Waals surface area contributed by atoms with Crippen molar-refractivity contribution < 1.29 is 22.7 Å². The van der Waals surface area contributed by atoms with Crippen LogP contribution >= 0.6 is 15.9 Å². The molecule has 3 aromatic rings. The molecule has 8 nitrogen and oxygen atoms in total. The average molecular weight is 631 g/mol. The predicted molar refractivity (Wildman–Crippen MR) is 162 cm³/mol. The Bertz CT molecular complexity index is 1410. The van der Waals surface area contributed by atoms with Crippen molar-refractivity contribution in [1.82, 2.24) is 10.2 Å². The Balaban J connectivity index is 2.06. The molecule has 3 aromatic carbocycles. The highest BCUT2D eigenvalue weighted by atomic mass is 79.9. The van der Waals surface area contributed by atoms with Crippen LogP contribution in [-0.2, 0) is 32.6 Å². The summed E-state index contributed by atoms with van der Waals surface area (Å²) >= 11 is 3.48. The number of methoxy groups -OCH3 is 1. The maximum absolute atomic E-state index is 14.1. The number of nitrogens with one attached hydrogen (secondary N) is 1. The highest BCUT2D eigenvalue weighted by Gasteiger charge is 2.34. The molecule has 0 unspecified atom stereocenters. The van der Waals surface area contributed by atoms with E-state index in [0.29, 0.717) is 11.4 Å². The maximum Gasteiger partial charge on any atom is 0.244 e. The van der Waals surface area contributed by atoms with Gasteiger partial charge in [-0.05, 0) is 68.3 Å². The van der Waals surface area contributed by atoms with Gasteiger partial charge in [-0.25, -0.2) is 8.42 Å². The van der Waals surface area contributed by atoms with Gasteiger partial charge in [0.15, 0.2) is 0 Å². The van der Waals surface area contributed by atoms with Gasteiger partial charge in [-0.15, -0.1) is 0 Å². The van der Waals surface area contributed by atoms with E-state index in [1.165, 1.54) is 12.0 Å². The molecule has 0 saturated heterocycles. The lowest BCUT2D eigenvalue weighted by molar-refractivity contribution is -0.140. The van der Waals surface area contributed by atoms with Crippen molar-refractivity contribution in [2.75, 3.05) is 24.2 Å². The Morgan fingerprint density at radius 2 is 1.57 bits per heavy atom. The fourth-order valence-corrected chi connectivity index (χ4v) is 5.50. The zero-order valence-electron chi connectivity index (χ0n) is 23.4. The van der Waals surface area contributed by atoms with Crippen LogP contribution in [0.4, 0.5) is 5.69 Å². The van der Waals surface area contributed by atoms with Gasteiger partial charge in [0.1, 0.15) is 18.3 Å². The summed E-state index contributed by atoms with van der Waals surface area (Å²) < 4.78 is 32.8. The fourth-order valence-electron chi connectivity index (χ4n) is 4.20. The average Bonchev–Trinajstić information content (AvgIpc) is 2.88. The summed E-state index contributed by atoms with van der Waals surface area (Å²) in [5.41, 5.74) is 1.44. The molecule has 0 heterocycles. The predicted octanol–water partition coefficient (Wildman–Crippen LogP) is 4.78. The second kappa shape index (κ2) is 13.3. The molecule has 0 radical (unpaired) electrons. The lowest BCUT2D eigenvalue weighted by atomic mass is 10.0. The minimum atomic E-state index is -3.84. The van der Waals surface area contributed by atoms with Gasteiger partial charge in [0, 0.05) is 23.0 Å². The molecule has 214 valence electrons. The van der Waals surface area contributed by atoms with E-state index in [1.54, 1.807) is 24.3 Å². The summed E-state index contributed by atoms with van der Waals surface area (Å²) in [5.74, 6) is -0.275. The number of carbonyl (C=O) groups excluding carboxylic acids is 2. The summed E-state index contributed by atoms with van der Waals surface area (Å²) in [7, 11) is -2.33. The molecule has 1 N–H and O–H groups in total. The lowest BCUT2D eigenvalue weighted by Crippen LogP contribution is -2.56. The van der Waals surface area contributed by atoms with Crippen molar-refractivity contribution in [2.45, 2.75) is 45.3 Å². The van der Waals surface area contributed by atoms with Crippen LogP contribution in [0.3, 0.4) is 0 Å². The molecule has 0 spiro atoms. The second-order valence-electron chi connectivity index (χ2n) is 10.6. The Kier molecular flexibility index (Phi) is 10.4. The molecule has 1 atom stereocenters. The van der Waals surface area contributed by atoms with Crippen molar-refractivity contribution in [3.8, 4) is 5.75 Å². The van der Waals surface area contributed by atoms with Gasteiger partial charge in [0.2, 0.25) is 21.8 Å². The highest BCUT2D eigenvalue weighted by Crippen LogP contribution is 2.23. The van der Waals surface area contributed by atoms with Crippen molar-refractivity contribution in [3.05, 3.63) is 94.5 Å². The van der Waals surface area contributed by atoms with Gasteiger partial charge in [-0.1, -0.05) is 58.4 Å².